The number of hydrogen-bond acceptors (Lipinski definition) is 6. The molecule has 8 nitrogen and oxygen atoms in total. The van der Waals surface area contributed by atoms with Crippen LogP contribution >= 0.6 is 0 Å². The summed E-state index contributed by atoms with van der Waals surface area (Å²) in [6.07, 6.45) is 6.77. The van der Waals surface area contributed by atoms with Crippen LogP contribution in [0.25, 0.3) is 11.4 Å². The number of carbonyl (C=O) groups excluding carboxylic acids is 1. The standard InChI is InChI=1S/C19H26N6O2/c1-14(17-22-16(23-27-17)15-4-3-8-20-12-15)21-18(26)25-10-6-19(7-11-25)5-9-24(2)13-19/h3-4,8,12,14H,5-7,9-11,13H2,1-2H3,(H,21,26). The van der Waals surface area contributed by atoms with Crippen LogP contribution in [0.2, 0.25) is 0 Å². The van der Waals surface area contributed by atoms with E-state index in [4.69, 9.17) is 4.52 Å². The lowest BCUT2D eigenvalue weighted by atomic mass is 9.78. The Kier molecular flexibility index (Phi) is 4.82. The first-order chi connectivity index (χ1) is 13.0. The Morgan fingerprint density at radius 2 is 2.07 bits per heavy atom. The van der Waals surface area contributed by atoms with Crippen LogP contribution in [-0.2, 0) is 0 Å². The average Bonchev–Trinajstić information content (AvgIpc) is 3.31. The second-order valence-corrected chi connectivity index (χ2v) is 7.84. The van der Waals surface area contributed by atoms with Crippen molar-refractivity contribution in [1.82, 2.24) is 30.2 Å². The summed E-state index contributed by atoms with van der Waals surface area (Å²) in [4.78, 5) is 25.4. The number of rotatable bonds is 3. The first-order valence-corrected chi connectivity index (χ1v) is 9.53. The average molecular weight is 370 g/mol. The van der Waals surface area contributed by atoms with Gasteiger partial charge in [-0.2, -0.15) is 4.98 Å². The monoisotopic (exact) mass is 370 g/mol. The van der Waals surface area contributed by atoms with Crippen LogP contribution in [0.5, 0.6) is 0 Å². The molecule has 2 aliphatic heterocycles. The second-order valence-electron chi connectivity index (χ2n) is 7.84. The predicted octanol–water partition coefficient (Wildman–Crippen LogP) is 2.32. The van der Waals surface area contributed by atoms with Crippen molar-refractivity contribution in [2.75, 3.05) is 33.2 Å². The number of urea groups is 1. The van der Waals surface area contributed by atoms with Gasteiger partial charge < -0.3 is 19.6 Å². The molecule has 0 aliphatic carbocycles. The second kappa shape index (κ2) is 7.26. The Labute approximate surface area is 158 Å². The van der Waals surface area contributed by atoms with Gasteiger partial charge in [0.1, 0.15) is 6.04 Å². The van der Waals surface area contributed by atoms with Gasteiger partial charge >= 0.3 is 6.03 Å². The highest BCUT2D eigenvalue weighted by atomic mass is 16.5. The number of hydrogen-bond donors (Lipinski definition) is 1. The van der Waals surface area contributed by atoms with Gasteiger partial charge in [0.05, 0.1) is 0 Å². The van der Waals surface area contributed by atoms with Crippen molar-refractivity contribution in [3.8, 4) is 11.4 Å². The Balaban J connectivity index is 1.33. The highest BCUT2D eigenvalue weighted by Crippen LogP contribution is 2.39. The van der Waals surface area contributed by atoms with Crippen molar-refractivity contribution < 1.29 is 9.32 Å². The molecule has 2 amide bonds. The molecule has 2 aromatic rings. The summed E-state index contributed by atoms with van der Waals surface area (Å²) in [7, 11) is 2.18. The number of carbonyl (C=O) groups is 1. The summed E-state index contributed by atoms with van der Waals surface area (Å²) >= 11 is 0. The van der Waals surface area contributed by atoms with Crippen molar-refractivity contribution in [3.05, 3.63) is 30.4 Å². The van der Waals surface area contributed by atoms with E-state index in [0.717, 1.165) is 38.0 Å². The predicted molar refractivity (Wildman–Crippen MR) is 99.8 cm³/mol. The quantitative estimate of drug-likeness (QED) is 0.892. The lowest BCUT2D eigenvalue weighted by Gasteiger charge is -2.39. The zero-order valence-corrected chi connectivity index (χ0v) is 15.9. The van der Waals surface area contributed by atoms with Gasteiger partial charge in [0.2, 0.25) is 11.7 Å². The van der Waals surface area contributed by atoms with Gasteiger partial charge in [-0.15, -0.1) is 0 Å². The summed E-state index contributed by atoms with van der Waals surface area (Å²) in [5.74, 6) is 0.873. The molecule has 2 aliphatic rings. The van der Waals surface area contributed by atoms with Crippen LogP contribution in [-0.4, -0.2) is 64.2 Å². The molecule has 2 fully saturated rings. The molecule has 1 N–H and O–H groups in total. The first kappa shape index (κ1) is 17.9. The van der Waals surface area contributed by atoms with Gasteiger partial charge in [-0.1, -0.05) is 5.16 Å². The highest BCUT2D eigenvalue weighted by molar-refractivity contribution is 5.74. The van der Waals surface area contributed by atoms with Crippen LogP contribution in [0, 0.1) is 5.41 Å². The highest BCUT2D eigenvalue weighted by Gasteiger charge is 2.40. The number of nitrogens with one attached hydrogen (secondary N) is 1. The van der Waals surface area contributed by atoms with Crippen molar-refractivity contribution in [2.45, 2.75) is 32.2 Å². The minimum Gasteiger partial charge on any atom is -0.337 e. The van der Waals surface area contributed by atoms with E-state index in [9.17, 15) is 4.79 Å². The third-order valence-electron chi connectivity index (χ3n) is 5.81. The fraction of sp³-hybridized carbons (Fsp3) is 0.579. The Bertz CT molecular complexity index is 785. The molecule has 27 heavy (non-hydrogen) atoms. The number of pyridine rings is 1. The smallest absolute Gasteiger partial charge is 0.318 e. The molecule has 1 spiro atoms. The maximum Gasteiger partial charge on any atom is 0.318 e. The minimum atomic E-state index is -0.344. The van der Waals surface area contributed by atoms with E-state index in [0.29, 0.717) is 17.1 Å². The fourth-order valence-corrected chi connectivity index (χ4v) is 4.11. The first-order valence-electron chi connectivity index (χ1n) is 9.53. The Hall–Kier alpha value is -2.48. The van der Waals surface area contributed by atoms with Crippen LogP contribution in [0.15, 0.2) is 29.0 Å². The summed E-state index contributed by atoms with van der Waals surface area (Å²) in [6.45, 7) is 5.78. The van der Waals surface area contributed by atoms with Crippen molar-refractivity contribution >= 4 is 6.03 Å². The van der Waals surface area contributed by atoms with Crippen LogP contribution < -0.4 is 5.32 Å². The third kappa shape index (κ3) is 3.80. The zero-order valence-electron chi connectivity index (χ0n) is 15.9. The number of piperidine rings is 1. The van der Waals surface area contributed by atoms with Crippen molar-refractivity contribution in [2.24, 2.45) is 5.41 Å². The molecule has 1 unspecified atom stereocenters. The summed E-state index contributed by atoms with van der Waals surface area (Å²) < 4.78 is 5.33. The van der Waals surface area contributed by atoms with Crippen molar-refractivity contribution in [1.29, 1.82) is 0 Å². The topological polar surface area (TPSA) is 87.4 Å². The Morgan fingerprint density at radius 1 is 1.30 bits per heavy atom. The summed E-state index contributed by atoms with van der Waals surface area (Å²) in [6, 6.07) is 3.28. The molecule has 0 bridgehead atoms. The lowest BCUT2D eigenvalue weighted by Crippen LogP contribution is -2.48. The lowest BCUT2D eigenvalue weighted by molar-refractivity contribution is 0.120. The van der Waals surface area contributed by atoms with Gasteiger partial charge in [-0.3, -0.25) is 4.98 Å². The number of nitrogens with zero attached hydrogens (tertiary/aromatic N) is 5. The normalized spacial score (nSPS) is 20.7. The molecule has 0 radical (unpaired) electrons. The van der Waals surface area contributed by atoms with Gasteiger partial charge in [-0.25, -0.2) is 4.79 Å². The van der Waals surface area contributed by atoms with E-state index >= 15 is 0 Å². The molecule has 2 aromatic heterocycles. The largest absolute Gasteiger partial charge is 0.337 e. The van der Waals surface area contributed by atoms with E-state index < -0.39 is 0 Å². The summed E-state index contributed by atoms with van der Waals surface area (Å²) in [5.41, 5.74) is 1.19. The number of aromatic nitrogens is 3. The molecular formula is C19H26N6O2. The molecule has 4 rings (SSSR count). The van der Waals surface area contributed by atoms with Crippen molar-refractivity contribution in [3.63, 3.8) is 0 Å². The summed E-state index contributed by atoms with van der Waals surface area (Å²) in [5, 5.41) is 6.97. The van der Waals surface area contributed by atoms with E-state index in [1.807, 2.05) is 24.0 Å². The molecule has 2 saturated heterocycles. The Morgan fingerprint density at radius 3 is 2.74 bits per heavy atom. The maximum atomic E-state index is 12.6. The third-order valence-corrected chi connectivity index (χ3v) is 5.81. The number of amides is 2. The number of likely N-dealkylation sites (tertiary alicyclic amines) is 2. The fourth-order valence-electron chi connectivity index (χ4n) is 4.11. The SMILES string of the molecule is CC(NC(=O)N1CCC2(CCN(C)C2)CC1)c1nc(-c2cccnc2)no1. The van der Waals surface area contributed by atoms with Crippen LogP contribution in [0.4, 0.5) is 4.79 Å². The van der Waals surface area contributed by atoms with Crippen LogP contribution in [0.3, 0.4) is 0 Å². The minimum absolute atomic E-state index is 0.0650. The maximum absolute atomic E-state index is 12.6. The molecular weight excluding hydrogens is 344 g/mol. The van der Waals surface area contributed by atoms with E-state index in [1.54, 1.807) is 12.4 Å². The molecule has 144 valence electrons. The zero-order chi connectivity index (χ0) is 18.9. The van der Waals surface area contributed by atoms with Gasteiger partial charge in [0.15, 0.2) is 0 Å². The van der Waals surface area contributed by atoms with Gasteiger partial charge in [0.25, 0.3) is 0 Å². The molecule has 1 atom stereocenters. The van der Waals surface area contributed by atoms with E-state index in [1.165, 1.54) is 13.0 Å². The molecule has 8 heteroatoms. The molecule has 0 aromatic carbocycles. The van der Waals surface area contributed by atoms with Crippen LogP contribution in [0.1, 0.15) is 38.1 Å². The molecule has 0 saturated carbocycles. The van der Waals surface area contributed by atoms with E-state index in [2.05, 4.69) is 32.4 Å². The molecule has 4 heterocycles. The van der Waals surface area contributed by atoms with Gasteiger partial charge in [-0.05, 0) is 57.3 Å². The van der Waals surface area contributed by atoms with Gasteiger partial charge in [0, 0.05) is 37.6 Å². The van der Waals surface area contributed by atoms with E-state index in [-0.39, 0.29) is 12.1 Å².